The second-order valence-electron chi connectivity index (χ2n) is 5.92. The summed E-state index contributed by atoms with van der Waals surface area (Å²) in [6, 6.07) is 1.24. The first-order chi connectivity index (χ1) is 7.28. The van der Waals surface area contributed by atoms with Gasteiger partial charge in [-0.1, -0.05) is 27.7 Å². The van der Waals surface area contributed by atoms with Crippen LogP contribution in [0, 0.1) is 5.41 Å². The predicted octanol–water partition coefficient (Wildman–Crippen LogP) is 2.69. The van der Waals surface area contributed by atoms with E-state index in [-0.39, 0.29) is 0 Å². The van der Waals surface area contributed by atoms with E-state index >= 15 is 0 Å². The molecule has 0 aliphatic rings. The first-order valence-corrected chi connectivity index (χ1v) is 7.60. The molecule has 0 radical (unpaired) electrons. The summed E-state index contributed by atoms with van der Waals surface area (Å²) in [6.07, 6.45) is 2.18. The topological polar surface area (TPSA) is 15.3 Å². The van der Waals surface area contributed by atoms with Gasteiger partial charge in [0, 0.05) is 30.9 Å². The van der Waals surface area contributed by atoms with E-state index in [1.54, 1.807) is 0 Å². The molecular weight excluding hydrogens is 216 g/mol. The number of hydrogen-bond acceptors (Lipinski definition) is 3. The van der Waals surface area contributed by atoms with Crippen molar-refractivity contribution in [3.05, 3.63) is 0 Å². The number of nitrogens with one attached hydrogen (secondary N) is 1. The Labute approximate surface area is 107 Å². The molecular formula is C13H30N2S. The van der Waals surface area contributed by atoms with Crippen molar-refractivity contribution < 1.29 is 0 Å². The molecule has 98 valence electrons. The van der Waals surface area contributed by atoms with Gasteiger partial charge >= 0.3 is 0 Å². The summed E-state index contributed by atoms with van der Waals surface area (Å²) in [5.41, 5.74) is 0.339. The molecule has 0 fully saturated rings. The summed E-state index contributed by atoms with van der Waals surface area (Å²) in [4.78, 5) is 2.47. The molecule has 0 aliphatic carbocycles. The maximum absolute atomic E-state index is 3.53. The van der Waals surface area contributed by atoms with Crippen molar-refractivity contribution in [2.24, 2.45) is 5.41 Å². The fourth-order valence-corrected chi connectivity index (χ4v) is 2.47. The van der Waals surface area contributed by atoms with Crippen molar-refractivity contribution in [3.8, 4) is 0 Å². The van der Waals surface area contributed by atoms with Gasteiger partial charge in [0.05, 0.1) is 0 Å². The fraction of sp³-hybridized carbons (Fsp3) is 1.00. The molecule has 0 aromatic carbocycles. The summed E-state index contributed by atoms with van der Waals surface area (Å²) in [6.45, 7) is 13.6. The smallest absolute Gasteiger partial charge is 0.0155 e. The molecule has 1 unspecified atom stereocenters. The predicted molar refractivity (Wildman–Crippen MR) is 77.4 cm³/mol. The molecule has 16 heavy (non-hydrogen) atoms. The monoisotopic (exact) mass is 246 g/mol. The quantitative estimate of drug-likeness (QED) is 0.709. The molecule has 0 aromatic rings. The van der Waals surface area contributed by atoms with Crippen molar-refractivity contribution in [3.63, 3.8) is 0 Å². The third-order valence-corrected chi connectivity index (χ3v) is 3.64. The summed E-state index contributed by atoms with van der Waals surface area (Å²) in [5, 5.41) is 3.53. The highest BCUT2D eigenvalue weighted by molar-refractivity contribution is 7.98. The van der Waals surface area contributed by atoms with Crippen LogP contribution in [-0.4, -0.2) is 49.1 Å². The van der Waals surface area contributed by atoms with Crippen LogP contribution in [0.5, 0.6) is 0 Å². The molecule has 0 aliphatic heterocycles. The second kappa shape index (κ2) is 7.57. The Kier molecular flexibility index (Phi) is 7.70. The average molecular weight is 246 g/mol. The van der Waals surface area contributed by atoms with Crippen molar-refractivity contribution >= 4 is 11.8 Å². The second-order valence-corrected chi connectivity index (χ2v) is 6.83. The molecule has 0 saturated carbocycles. The lowest BCUT2D eigenvalue weighted by Crippen LogP contribution is -2.44. The lowest BCUT2D eigenvalue weighted by molar-refractivity contribution is 0.173. The largest absolute Gasteiger partial charge is 0.314 e. The molecule has 0 amide bonds. The van der Waals surface area contributed by atoms with Crippen LogP contribution in [0.25, 0.3) is 0 Å². The molecule has 1 N–H and O–H groups in total. The SMILES string of the molecule is CSCC(C)N(C)CC(C)(C)CNC(C)C. The molecule has 0 rings (SSSR count). The first kappa shape index (κ1) is 16.3. The molecule has 0 spiro atoms. The normalized spacial score (nSPS) is 14.8. The summed E-state index contributed by atoms with van der Waals surface area (Å²) in [7, 11) is 2.23. The van der Waals surface area contributed by atoms with Crippen LogP contribution < -0.4 is 5.32 Å². The molecule has 0 heterocycles. The van der Waals surface area contributed by atoms with Crippen molar-refractivity contribution in [2.45, 2.75) is 46.7 Å². The van der Waals surface area contributed by atoms with E-state index in [0.717, 1.165) is 13.1 Å². The Morgan fingerprint density at radius 3 is 2.25 bits per heavy atom. The van der Waals surface area contributed by atoms with E-state index in [0.29, 0.717) is 17.5 Å². The van der Waals surface area contributed by atoms with Gasteiger partial charge in [0.1, 0.15) is 0 Å². The van der Waals surface area contributed by atoms with Gasteiger partial charge in [-0.2, -0.15) is 11.8 Å². The van der Waals surface area contributed by atoms with E-state index in [4.69, 9.17) is 0 Å². The Morgan fingerprint density at radius 1 is 1.25 bits per heavy atom. The minimum atomic E-state index is 0.339. The summed E-state index contributed by atoms with van der Waals surface area (Å²) >= 11 is 1.93. The van der Waals surface area contributed by atoms with Gasteiger partial charge in [-0.15, -0.1) is 0 Å². The van der Waals surface area contributed by atoms with E-state index in [2.05, 4.69) is 58.1 Å². The van der Waals surface area contributed by atoms with Crippen LogP contribution in [-0.2, 0) is 0 Å². The van der Waals surface area contributed by atoms with Crippen molar-refractivity contribution in [1.29, 1.82) is 0 Å². The van der Waals surface area contributed by atoms with Gasteiger partial charge in [0.15, 0.2) is 0 Å². The highest BCUT2D eigenvalue weighted by atomic mass is 32.2. The number of hydrogen-bond donors (Lipinski definition) is 1. The lowest BCUT2D eigenvalue weighted by Gasteiger charge is -2.34. The molecule has 0 aromatic heterocycles. The average Bonchev–Trinajstić information content (AvgIpc) is 2.14. The lowest BCUT2D eigenvalue weighted by atomic mass is 9.92. The van der Waals surface area contributed by atoms with Gasteiger partial charge in [0.2, 0.25) is 0 Å². The van der Waals surface area contributed by atoms with Crippen LogP contribution in [0.15, 0.2) is 0 Å². The van der Waals surface area contributed by atoms with Crippen molar-refractivity contribution in [1.82, 2.24) is 10.2 Å². The van der Waals surface area contributed by atoms with Crippen LogP contribution in [0.1, 0.15) is 34.6 Å². The van der Waals surface area contributed by atoms with Gasteiger partial charge < -0.3 is 10.2 Å². The molecule has 1 atom stereocenters. The highest BCUT2D eigenvalue weighted by Gasteiger charge is 2.22. The van der Waals surface area contributed by atoms with Crippen LogP contribution >= 0.6 is 11.8 Å². The Morgan fingerprint density at radius 2 is 1.81 bits per heavy atom. The van der Waals surface area contributed by atoms with Gasteiger partial charge in [-0.3, -0.25) is 0 Å². The highest BCUT2D eigenvalue weighted by Crippen LogP contribution is 2.17. The maximum atomic E-state index is 3.53. The van der Waals surface area contributed by atoms with Gasteiger partial charge in [0.25, 0.3) is 0 Å². The summed E-state index contributed by atoms with van der Waals surface area (Å²) in [5.74, 6) is 1.21. The Balaban J connectivity index is 4.03. The third-order valence-electron chi connectivity index (χ3n) is 2.83. The van der Waals surface area contributed by atoms with Crippen molar-refractivity contribution in [2.75, 3.05) is 32.1 Å². The van der Waals surface area contributed by atoms with E-state index < -0.39 is 0 Å². The van der Waals surface area contributed by atoms with Gasteiger partial charge in [-0.25, -0.2) is 0 Å². The van der Waals surface area contributed by atoms with Gasteiger partial charge in [-0.05, 0) is 25.6 Å². The minimum Gasteiger partial charge on any atom is -0.314 e. The maximum Gasteiger partial charge on any atom is 0.0155 e. The standard InChI is InChI=1S/C13H30N2S/c1-11(2)14-9-13(4,5)10-15(6)12(3)8-16-7/h11-12,14H,8-10H2,1-7H3. The minimum absolute atomic E-state index is 0.339. The molecule has 2 nitrogen and oxygen atoms in total. The summed E-state index contributed by atoms with van der Waals surface area (Å²) < 4.78 is 0. The van der Waals surface area contributed by atoms with E-state index in [1.165, 1.54) is 5.75 Å². The third kappa shape index (κ3) is 7.53. The molecule has 0 bridgehead atoms. The first-order valence-electron chi connectivity index (χ1n) is 6.21. The molecule has 0 saturated heterocycles. The molecule has 3 heteroatoms. The van der Waals surface area contributed by atoms with E-state index in [9.17, 15) is 0 Å². The van der Waals surface area contributed by atoms with E-state index in [1.807, 2.05) is 11.8 Å². The zero-order chi connectivity index (χ0) is 12.8. The number of rotatable bonds is 8. The fourth-order valence-electron chi connectivity index (χ4n) is 1.74. The van der Waals surface area contributed by atoms with Crippen LogP contribution in [0.2, 0.25) is 0 Å². The number of thioether (sulfide) groups is 1. The Hall–Kier alpha value is 0.270. The Bertz CT molecular complexity index is 181. The van der Waals surface area contributed by atoms with Crippen LogP contribution in [0.3, 0.4) is 0 Å². The number of nitrogens with zero attached hydrogens (tertiary/aromatic N) is 1. The van der Waals surface area contributed by atoms with Crippen LogP contribution in [0.4, 0.5) is 0 Å². The zero-order valence-corrected chi connectivity index (χ0v) is 12.9. The zero-order valence-electron chi connectivity index (χ0n) is 12.1.